The Morgan fingerprint density at radius 2 is 2.10 bits per heavy atom. The molecule has 21 heavy (non-hydrogen) atoms. The zero-order valence-electron chi connectivity index (χ0n) is 12.3. The summed E-state index contributed by atoms with van der Waals surface area (Å²) in [4.78, 5) is 2.41. The molecule has 1 saturated heterocycles. The lowest BCUT2D eigenvalue weighted by Crippen LogP contribution is -2.38. The van der Waals surface area contributed by atoms with Gasteiger partial charge in [-0.2, -0.15) is 0 Å². The van der Waals surface area contributed by atoms with Crippen LogP contribution in [0, 0.1) is 0 Å². The van der Waals surface area contributed by atoms with Crippen LogP contribution in [0.5, 0.6) is 5.75 Å². The van der Waals surface area contributed by atoms with E-state index in [2.05, 4.69) is 21.4 Å². The summed E-state index contributed by atoms with van der Waals surface area (Å²) < 4.78 is 10.3. The van der Waals surface area contributed by atoms with Gasteiger partial charge in [-0.1, -0.05) is 17.3 Å². The van der Waals surface area contributed by atoms with Crippen LogP contribution in [-0.2, 0) is 6.54 Å². The van der Waals surface area contributed by atoms with E-state index < -0.39 is 0 Å². The molecule has 2 heterocycles. The highest BCUT2D eigenvalue weighted by molar-refractivity contribution is 5.56. The molecule has 3 rings (SSSR count). The molecule has 0 aliphatic carbocycles. The molecular formula is C16H21N3O2. The van der Waals surface area contributed by atoms with E-state index >= 15 is 0 Å². The quantitative estimate of drug-likeness (QED) is 0.916. The number of piperidine rings is 1. The van der Waals surface area contributed by atoms with Crippen molar-refractivity contribution >= 4 is 5.69 Å². The molecule has 0 radical (unpaired) electrons. The number of nitrogens with one attached hydrogen (secondary N) is 1. The number of anilines is 1. The Morgan fingerprint density at radius 3 is 2.81 bits per heavy atom. The molecule has 0 amide bonds. The molecule has 5 nitrogen and oxygen atoms in total. The second-order valence-corrected chi connectivity index (χ2v) is 5.39. The number of hydrogen-bond acceptors (Lipinski definition) is 5. The van der Waals surface area contributed by atoms with Crippen LogP contribution >= 0.6 is 0 Å². The summed E-state index contributed by atoms with van der Waals surface area (Å²) in [5, 5.41) is 7.56. The molecular weight excluding hydrogens is 266 g/mol. The van der Waals surface area contributed by atoms with E-state index in [4.69, 9.17) is 9.26 Å². The smallest absolute Gasteiger partial charge is 0.141 e. The van der Waals surface area contributed by atoms with Crippen molar-refractivity contribution in [3.05, 3.63) is 42.3 Å². The van der Waals surface area contributed by atoms with Gasteiger partial charge in [-0.25, -0.2) is 0 Å². The molecule has 1 aliphatic rings. The average molecular weight is 287 g/mol. The zero-order chi connectivity index (χ0) is 14.5. The second-order valence-electron chi connectivity index (χ2n) is 5.39. The number of rotatable bonds is 5. The number of ether oxygens (including phenoxy) is 1. The molecule has 1 aromatic heterocycles. The number of para-hydroxylation sites is 2. The van der Waals surface area contributed by atoms with Gasteiger partial charge in [-0.15, -0.1) is 0 Å². The fraction of sp³-hybridized carbons (Fsp3) is 0.438. The van der Waals surface area contributed by atoms with Crippen LogP contribution in [0.4, 0.5) is 5.69 Å². The van der Waals surface area contributed by atoms with Crippen molar-refractivity contribution in [3.8, 4) is 5.75 Å². The third kappa shape index (κ3) is 3.55. The number of aromatic nitrogens is 1. The van der Waals surface area contributed by atoms with E-state index in [1.807, 2.05) is 24.3 Å². The minimum Gasteiger partial charge on any atom is -0.495 e. The molecule has 1 aliphatic heterocycles. The molecule has 0 spiro atoms. The maximum Gasteiger partial charge on any atom is 0.141 e. The number of hydrogen-bond donors (Lipinski definition) is 1. The molecule has 1 N–H and O–H groups in total. The fourth-order valence-electron chi connectivity index (χ4n) is 2.77. The molecule has 0 saturated carbocycles. The molecule has 5 heteroatoms. The SMILES string of the molecule is COc1ccccc1NC1CCN(Cc2ccon2)CC1. The van der Waals surface area contributed by atoms with Crippen molar-refractivity contribution in [1.82, 2.24) is 10.1 Å². The first-order chi connectivity index (χ1) is 10.3. The predicted molar refractivity (Wildman–Crippen MR) is 81.4 cm³/mol. The Bertz CT molecular complexity index is 548. The largest absolute Gasteiger partial charge is 0.495 e. The minimum atomic E-state index is 0.495. The second kappa shape index (κ2) is 6.63. The summed E-state index contributed by atoms with van der Waals surface area (Å²) in [6.45, 7) is 3.01. The van der Waals surface area contributed by atoms with E-state index in [9.17, 15) is 0 Å². The summed E-state index contributed by atoms with van der Waals surface area (Å²) in [7, 11) is 1.71. The standard InChI is InChI=1S/C16H21N3O2/c1-20-16-5-3-2-4-15(16)17-13-6-9-19(10-7-13)12-14-8-11-21-18-14/h2-5,8,11,13,17H,6-7,9-10,12H2,1H3. The molecule has 1 aromatic carbocycles. The van der Waals surface area contributed by atoms with Crippen LogP contribution in [0.2, 0.25) is 0 Å². The highest BCUT2D eigenvalue weighted by Gasteiger charge is 2.20. The van der Waals surface area contributed by atoms with Crippen molar-refractivity contribution < 1.29 is 9.26 Å². The maximum absolute atomic E-state index is 5.39. The highest BCUT2D eigenvalue weighted by atomic mass is 16.5. The lowest BCUT2D eigenvalue weighted by atomic mass is 10.0. The lowest BCUT2D eigenvalue weighted by molar-refractivity contribution is 0.206. The molecule has 0 bridgehead atoms. The number of nitrogens with zero attached hydrogens (tertiary/aromatic N) is 2. The Balaban J connectivity index is 1.51. The number of methoxy groups -OCH3 is 1. The van der Waals surface area contributed by atoms with E-state index in [-0.39, 0.29) is 0 Å². The van der Waals surface area contributed by atoms with Crippen molar-refractivity contribution in [1.29, 1.82) is 0 Å². The van der Waals surface area contributed by atoms with E-state index in [0.717, 1.165) is 49.6 Å². The van der Waals surface area contributed by atoms with Gasteiger partial charge in [-0.05, 0) is 25.0 Å². The summed E-state index contributed by atoms with van der Waals surface area (Å²) in [6, 6.07) is 10.5. The van der Waals surface area contributed by atoms with Crippen LogP contribution < -0.4 is 10.1 Å². The third-order valence-electron chi connectivity index (χ3n) is 3.93. The van der Waals surface area contributed by atoms with E-state index in [0.29, 0.717) is 6.04 Å². The summed E-state index contributed by atoms with van der Waals surface area (Å²) >= 11 is 0. The van der Waals surface area contributed by atoms with Crippen molar-refractivity contribution in [2.24, 2.45) is 0 Å². The Labute approximate surface area is 124 Å². The molecule has 0 atom stereocenters. The lowest BCUT2D eigenvalue weighted by Gasteiger charge is -2.32. The monoisotopic (exact) mass is 287 g/mol. The van der Waals surface area contributed by atoms with Crippen LogP contribution in [0.3, 0.4) is 0 Å². The first-order valence-electron chi connectivity index (χ1n) is 7.36. The summed E-state index contributed by atoms with van der Waals surface area (Å²) in [5.74, 6) is 0.905. The van der Waals surface area contributed by atoms with Crippen molar-refractivity contribution in [2.75, 3.05) is 25.5 Å². The van der Waals surface area contributed by atoms with Crippen molar-refractivity contribution in [2.45, 2.75) is 25.4 Å². The van der Waals surface area contributed by atoms with Gasteiger partial charge in [0.05, 0.1) is 18.5 Å². The molecule has 2 aromatic rings. The van der Waals surface area contributed by atoms with Gasteiger partial charge in [0.25, 0.3) is 0 Å². The third-order valence-corrected chi connectivity index (χ3v) is 3.93. The summed E-state index contributed by atoms with van der Waals surface area (Å²) in [5.41, 5.74) is 2.08. The normalized spacial score (nSPS) is 16.8. The predicted octanol–water partition coefficient (Wildman–Crippen LogP) is 2.76. The number of benzene rings is 1. The van der Waals surface area contributed by atoms with Gasteiger partial charge >= 0.3 is 0 Å². The Kier molecular flexibility index (Phi) is 4.40. The first kappa shape index (κ1) is 13.9. The molecule has 112 valence electrons. The summed E-state index contributed by atoms with van der Waals surface area (Å²) in [6.07, 6.45) is 3.87. The van der Waals surface area contributed by atoms with Gasteiger partial charge in [0.1, 0.15) is 12.0 Å². The molecule has 0 unspecified atom stereocenters. The zero-order valence-corrected chi connectivity index (χ0v) is 12.3. The fourth-order valence-corrected chi connectivity index (χ4v) is 2.77. The highest BCUT2D eigenvalue weighted by Crippen LogP contribution is 2.26. The Hall–Kier alpha value is -2.01. The van der Waals surface area contributed by atoms with Gasteiger partial charge < -0.3 is 14.6 Å². The van der Waals surface area contributed by atoms with Crippen LogP contribution in [0.25, 0.3) is 0 Å². The van der Waals surface area contributed by atoms with Gasteiger partial charge in [0.2, 0.25) is 0 Å². The van der Waals surface area contributed by atoms with Crippen LogP contribution in [0.15, 0.2) is 41.1 Å². The van der Waals surface area contributed by atoms with Crippen LogP contribution in [0.1, 0.15) is 18.5 Å². The maximum atomic E-state index is 5.39. The van der Waals surface area contributed by atoms with E-state index in [1.54, 1.807) is 13.4 Å². The van der Waals surface area contributed by atoms with Crippen LogP contribution in [-0.4, -0.2) is 36.3 Å². The van der Waals surface area contributed by atoms with Gasteiger partial charge in [-0.3, -0.25) is 4.90 Å². The average Bonchev–Trinajstić information content (AvgIpc) is 3.03. The minimum absolute atomic E-state index is 0.495. The van der Waals surface area contributed by atoms with E-state index in [1.165, 1.54) is 0 Å². The van der Waals surface area contributed by atoms with Gasteiger partial charge in [0, 0.05) is 31.7 Å². The molecule has 1 fully saturated rings. The topological polar surface area (TPSA) is 50.5 Å². The van der Waals surface area contributed by atoms with Crippen molar-refractivity contribution in [3.63, 3.8) is 0 Å². The van der Waals surface area contributed by atoms with Gasteiger partial charge in [0.15, 0.2) is 0 Å². The Morgan fingerprint density at radius 1 is 1.29 bits per heavy atom. The number of likely N-dealkylation sites (tertiary alicyclic amines) is 1. The first-order valence-corrected chi connectivity index (χ1v) is 7.36.